The van der Waals surface area contributed by atoms with Crippen molar-refractivity contribution in [2.45, 2.75) is 66.2 Å². The summed E-state index contributed by atoms with van der Waals surface area (Å²) in [5, 5.41) is 10.7. The number of nitrogens with one attached hydrogen (secondary N) is 2. The Bertz CT molecular complexity index is 456. The number of aromatic nitrogens is 2. The van der Waals surface area contributed by atoms with E-state index in [1.54, 1.807) is 0 Å². The standard InChI is InChI=1S/C14H25BrN4O/c1-6-11-13(15)12(19(7-2)18-11)8-16-10(5)14(20)17-9(3)4/h9-10,16H,6-8H2,1-5H3,(H,17,20). The number of halogens is 1. The first kappa shape index (κ1) is 17.2. The fourth-order valence-corrected chi connectivity index (χ4v) is 2.64. The van der Waals surface area contributed by atoms with Gasteiger partial charge in [-0.05, 0) is 50.0 Å². The van der Waals surface area contributed by atoms with Crippen LogP contribution >= 0.6 is 15.9 Å². The van der Waals surface area contributed by atoms with Crippen molar-refractivity contribution in [1.29, 1.82) is 0 Å². The number of carbonyl (C=O) groups is 1. The van der Waals surface area contributed by atoms with Crippen molar-refractivity contribution in [1.82, 2.24) is 20.4 Å². The van der Waals surface area contributed by atoms with Crippen LogP contribution in [0.25, 0.3) is 0 Å². The molecule has 5 nitrogen and oxygen atoms in total. The number of rotatable bonds is 7. The molecule has 0 radical (unpaired) electrons. The number of hydrogen-bond acceptors (Lipinski definition) is 3. The minimum absolute atomic E-state index is 0.0226. The first-order chi connectivity index (χ1) is 9.40. The first-order valence-corrected chi connectivity index (χ1v) is 7.97. The highest BCUT2D eigenvalue weighted by atomic mass is 79.9. The molecule has 0 aliphatic carbocycles. The molecule has 6 heteroatoms. The summed E-state index contributed by atoms with van der Waals surface area (Å²) in [7, 11) is 0. The molecule has 2 N–H and O–H groups in total. The van der Waals surface area contributed by atoms with Gasteiger partial charge < -0.3 is 10.6 Å². The highest BCUT2D eigenvalue weighted by molar-refractivity contribution is 9.10. The third kappa shape index (κ3) is 4.31. The topological polar surface area (TPSA) is 59.0 Å². The van der Waals surface area contributed by atoms with Crippen molar-refractivity contribution in [3.05, 3.63) is 15.9 Å². The lowest BCUT2D eigenvalue weighted by atomic mass is 10.2. The Morgan fingerprint density at radius 1 is 1.35 bits per heavy atom. The van der Waals surface area contributed by atoms with E-state index >= 15 is 0 Å². The molecule has 0 aromatic carbocycles. The molecule has 1 amide bonds. The molecule has 0 aliphatic heterocycles. The van der Waals surface area contributed by atoms with E-state index < -0.39 is 0 Å². The zero-order valence-electron chi connectivity index (χ0n) is 13.0. The van der Waals surface area contributed by atoms with E-state index in [1.807, 2.05) is 25.5 Å². The summed E-state index contributed by atoms with van der Waals surface area (Å²) in [4.78, 5) is 11.9. The molecule has 1 atom stereocenters. The molecule has 114 valence electrons. The van der Waals surface area contributed by atoms with Gasteiger partial charge in [-0.1, -0.05) is 6.92 Å². The van der Waals surface area contributed by atoms with Gasteiger partial charge in [0.2, 0.25) is 5.91 Å². The van der Waals surface area contributed by atoms with Gasteiger partial charge in [0.25, 0.3) is 0 Å². The molecular weight excluding hydrogens is 320 g/mol. The molecule has 20 heavy (non-hydrogen) atoms. The van der Waals surface area contributed by atoms with Crippen molar-refractivity contribution in [3.63, 3.8) is 0 Å². The molecule has 1 rings (SSSR count). The van der Waals surface area contributed by atoms with Crippen LogP contribution in [0.5, 0.6) is 0 Å². The summed E-state index contributed by atoms with van der Waals surface area (Å²) in [5.41, 5.74) is 2.15. The van der Waals surface area contributed by atoms with Crippen molar-refractivity contribution in [2.75, 3.05) is 0 Å². The van der Waals surface area contributed by atoms with Crippen molar-refractivity contribution in [3.8, 4) is 0 Å². The average molecular weight is 345 g/mol. The molecule has 1 unspecified atom stereocenters. The van der Waals surface area contributed by atoms with Crippen LogP contribution in [0, 0.1) is 0 Å². The first-order valence-electron chi connectivity index (χ1n) is 7.18. The number of aryl methyl sites for hydroxylation is 2. The highest BCUT2D eigenvalue weighted by Crippen LogP contribution is 2.22. The Hall–Kier alpha value is -0.880. The fraction of sp³-hybridized carbons (Fsp3) is 0.714. The van der Waals surface area contributed by atoms with Gasteiger partial charge in [-0.3, -0.25) is 9.48 Å². The SMILES string of the molecule is CCc1nn(CC)c(CNC(C)C(=O)NC(C)C)c1Br. The predicted molar refractivity (Wildman–Crippen MR) is 84.6 cm³/mol. The highest BCUT2D eigenvalue weighted by Gasteiger charge is 2.17. The smallest absolute Gasteiger partial charge is 0.237 e. The molecule has 0 bridgehead atoms. The number of hydrogen-bond donors (Lipinski definition) is 2. The fourth-order valence-electron chi connectivity index (χ4n) is 1.94. The summed E-state index contributed by atoms with van der Waals surface area (Å²) in [6, 6.07) is -0.0686. The summed E-state index contributed by atoms with van der Waals surface area (Å²) >= 11 is 3.61. The maximum Gasteiger partial charge on any atom is 0.237 e. The lowest BCUT2D eigenvalue weighted by molar-refractivity contribution is -0.123. The van der Waals surface area contributed by atoms with E-state index in [0.29, 0.717) is 6.54 Å². The molecule has 0 spiro atoms. The van der Waals surface area contributed by atoms with Gasteiger partial charge in [0.1, 0.15) is 0 Å². The molecular formula is C14H25BrN4O. The van der Waals surface area contributed by atoms with Gasteiger partial charge in [0.15, 0.2) is 0 Å². The number of amides is 1. The predicted octanol–water partition coefficient (Wildman–Crippen LogP) is 2.23. The van der Waals surface area contributed by atoms with Crippen LogP contribution in [0.1, 0.15) is 46.0 Å². The second-order valence-corrected chi connectivity index (χ2v) is 5.94. The second kappa shape index (κ2) is 7.78. The van der Waals surface area contributed by atoms with Crippen LogP contribution in [0.3, 0.4) is 0 Å². The van der Waals surface area contributed by atoms with Gasteiger partial charge >= 0.3 is 0 Å². The van der Waals surface area contributed by atoms with Crippen molar-refractivity contribution in [2.24, 2.45) is 0 Å². The van der Waals surface area contributed by atoms with Crippen LogP contribution in [0.2, 0.25) is 0 Å². The van der Waals surface area contributed by atoms with Gasteiger partial charge in [-0.2, -0.15) is 5.10 Å². The molecule has 1 aromatic heterocycles. The number of nitrogens with zero attached hydrogens (tertiary/aromatic N) is 2. The van der Waals surface area contributed by atoms with Gasteiger partial charge in [0, 0.05) is 19.1 Å². The van der Waals surface area contributed by atoms with Crippen molar-refractivity contribution >= 4 is 21.8 Å². The molecule has 0 saturated heterocycles. The Morgan fingerprint density at radius 3 is 2.50 bits per heavy atom. The summed E-state index contributed by atoms with van der Waals surface area (Å²) in [5.74, 6) is 0.0226. The van der Waals surface area contributed by atoms with Crippen LogP contribution in [-0.4, -0.2) is 27.8 Å². The van der Waals surface area contributed by atoms with E-state index in [9.17, 15) is 4.79 Å². The second-order valence-electron chi connectivity index (χ2n) is 5.14. The normalized spacial score (nSPS) is 12.8. The zero-order chi connectivity index (χ0) is 15.3. The Kier molecular flexibility index (Phi) is 6.68. The maximum absolute atomic E-state index is 11.9. The summed E-state index contributed by atoms with van der Waals surface area (Å²) in [6.07, 6.45) is 0.893. The van der Waals surface area contributed by atoms with Crippen LogP contribution < -0.4 is 10.6 Å². The maximum atomic E-state index is 11.9. The zero-order valence-corrected chi connectivity index (χ0v) is 14.5. The Labute approximate surface area is 129 Å². The van der Waals surface area contributed by atoms with E-state index in [-0.39, 0.29) is 18.0 Å². The molecule has 0 fully saturated rings. The lowest BCUT2D eigenvalue weighted by Gasteiger charge is -2.16. The van der Waals surface area contributed by atoms with Crippen LogP contribution in [0.15, 0.2) is 4.47 Å². The van der Waals surface area contributed by atoms with Gasteiger partial charge in [-0.25, -0.2) is 0 Å². The van der Waals surface area contributed by atoms with E-state index in [4.69, 9.17) is 0 Å². The lowest BCUT2D eigenvalue weighted by Crippen LogP contribution is -2.44. The molecule has 1 aromatic rings. The third-order valence-electron chi connectivity index (χ3n) is 3.09. The monoisotopic (exact) mass is 344 g/mol. The van der Waals surface area contributed by atoms with E-state index in [2.05, 4.69) is 45.5 Å². The van der Waals surface area contributed by atoms with E-state index in [1.165, 1.54) is 0 Å². The largest absolute Gasteiger partial charge is 0.353 e. The molecule has 1 heterocycles. The quantitative estimate of drug-likeness (QED) is 0.797. The minimum Gasteiger partial charge on any atom is -0.353 e. The van der Waals surface area contributed by atoms with Crippen molar-refractivity contribution < 1.29 is 4.79 Å². The average Bonchev–Trinajstić information content (AvgIpc) is 2.71. The van der Waals surface area contributed by atoms with E-state index in [0.717, 1.165) is 28.8 Å². The molecule has 0 aliphatic rings. The summed E-state index contributed by atoms with van der Waals surface area (Å²) in [6.45, 7) is 11.4. The van der Waals surface area contributed by atoms with Gasteiger partial charge in [-0.15, -0.1) is 0 Å². The Morgan fingerprint density at radius 2 is 2.00 bits per heavy atom. The van der Waals surface area contributed by atoms with Crippen LogP contribution in [-0.2, 0) is 24.3 Å². The minimum atomic E-state index is -0.227. The molecule has 0 saturated carbocycles. The van der Waals surface area contributed by atoms with Gasteiger partial charge in [0.05, 0.1) is 21.9 Å². The third-order valence-corrected chi connectivity index (χ3v) is 4.01. The number of carbonyl (C=O) groups excluding carboxylic acids is 1. The summed E-state index contributed by atoms with van der Waals surface area (Å²) < 4.78 is 3.02. The van der Waals surface area contributed by atoms with Crippen LogP contribution in [0.4, 0.5) is 0 Å². The Balaban J connectivity index is 2.70.